The standard InChI is InChI=1S/C16H24N2O2/c1-6-17-12(10-16(2,3)4)11-7-8-13-14(9-11)20-15(19)18(13)5/h7-9,12,17H,6,10H2,1-5H3. The summed E-state index contributed by atoms with van der Waals surface area (Å²) in [5, 5.41) is 3.51. The summed E-state index contributed by atoms with van der Waals surface area (Å²) < 4.78 is 6.81. The fourth-order valence-corrected chi connectivity index (χ4v) is 2.53. The normalized spacial score (nSPS) is 13.8. The van der Waals surface area contributed by atoms with Crippen LogP contribution in [-0.2, 0) is 7.05 Å². The molecule has 20 heavy (non-hydrogen) atoms. The fraction of sp³-hybridized carbons (Fsp3) is 0.562. The van der Waals surface area contributed by atoms with Gasteiger partial charge in [0.15, 0.2) is 5.58 Å². The maximum atomic E-state index is 11.6. The molecule has 0 aliphatic carbocycles. The van der Waals surface area contributed by atoms with Crippen LogP contribution in [0.4, 0.5) is 0 Å². The Balaban J connectivity index is 2.40. The van der Waals surface area contributed by atoms with Crippen molar-refractivity contribution >= 4 is 11.1 Å². The Morgan fingerprint density at radius 3 is 2.65 bits per heavy atom. The van der Waals surface area contributed by atoms with Gasteiger partial charge in [-0.1, -0.05) is 33.8 Å². The molecule has 4 heteroatoms. The van der Waals surface area contributed by atoms with Crippen LogP contribution in [0.2, 0.25) is 0 Å². The zero-order valence-electron chi connectivity index (χ0n) is 13.0. The van der Waals surface area contributed by atoms with Crippen LogP contribution < -0.4 is 11.1 Å². The molecule has 0 bridgehead atoms. The van der Waals surface area contributed by atoms with Gasteiger partial charge in [0.25, 0.3) is 0 Å². The van der Waals surface area contributed by atoms with Gasteiger partial charge in [-0.2, -0.15) is 0 Å². The second kappa shape index (κ2) is 5.44. The highest BCUT2D eigenvalue weighted by Crippen LogP contribution is 2.30. The number of hydrogen-bond acceptors (Lipinski definition) is 3. The Bertz CT molecular complexity index is 647. The van der Waals surface area contributed by atoms with E-state index < -0.39 is 0 Å². The van der Waals surface area contributed by atoms with Crippen molar-refractivity contribution < 1.29 is 4.42 Å². The third kappa shape index (κ3) is 3.12. The Morgan fingerprint density at radius 2 is 2.05 bits per heavy atom. The van der Waals surface area contributed by atoms with E-state index in [1.54, 1.807) is 7.05 Å². The second-order valence-corrected chi connectivity index (χ2v) is 6.53. The van der Waals surface area contributed by atoms with E-state index in [2.05, 4.69) is 39.1 Å². The van der Waals surface area contributed by atoms with Crippen LogP contribution in [0.15, 0.2) is 27.4 Å². The van der Waals surface area contributed by atoms with Crippen molar-refractivity contribution in [3.8, 4) is 0 Å². The lowest BCUT2D eigenvalue weighted by Gasteiger charge is -2.27. The van der Waals surface area contributed by atoms with Crippen LogP contribution >= 0.6 is 0 Å². The number of benzene rings is 1. The van der Waals surface area contributed by atoms with Crippen molar-refractivity contribution in [1.82, 2.24) is 9.88 Å². The maximum Gasteiger partial charge on any atom is 0.419 e. The van der Waals surface area contributed by atoms with Gasteiger partial charge in [-0.3, -0.25) is 4.57 Å². The SMILES string of the molecule is CCNC(CC(C)(C)C)c1ccc2c(c1)oc(=O)n2C. The maximum absolute atomic E-state index is 11.6. The van der Waals surface area contributed by atoms with E-state index in [9.17, 15) is 4.79 Å². The fourth-order valence-electron chi connectivity index (χ4n) is 2.53. The van der Waals surface area contributed by atoms with Crippen LogP contribution in [-0.4, -0.2) is 11.1 Å². The monoisotopic (exact) mass is 276 g/mol. The van der Waals surface area contributed by atoms with Gasteiger partial charge >= 0.3 is 5.76 Å². The summed E-state index contributed by atoms with van der Waals surface area (Å²) in [4.78, 5) is 11.6. The lowest BCUT2D eigenvalue weighted by molar-refractivity contribution is 0.314. The summed E-state index contributed by atoms with van der Waals surface area (Å²) in [6, 6.07) is 6.30. The minimum absolute atomic E-state index is 0.235. The van der Waals surface area contributed by atoms with Crippen molar-refractivity contribution in [3.63, 3.8) is 0 Å². The first kappa shape index (κ1) is 14.9. The Hall–Kier alpha value is -1.55. The smallest absolute Gasteiger partial charge is 0.408 e. The molecule has 1 heterocycles. The third-order valence-electron chi connectivity index (χ3n) is 3.49. The molecular formula is C16H24N2O2. The van der Waals surface area contributed by atoms with Gasteiger partial charge < -0.3 is 9.73 Å². The molecule has 0 spiro atoms. The van der Waals surface area contributed by atoms with Gasteiger partial charge in [0.2, 0.25) is 0 Å². The summed E-state index contributed by atoms with van der Waals surface area (Å²) in [6.07, 6.45) is 1.03. The molecule has 0 aliphatic rings. The van der Waals surface area contributed by atoms with Crippen LogP contribution in [0.25, 0.3) is 11.1 Å². The molecule has 2 aromatic rings. The minimum Gasteiger partial charge on any atom is -0.408 e. The number of rotatable bonds is 4. The highest BCUT2D eigenvalue weighted by Gasteiger charge is 2.20. The largest absolute Gasteiger partial charge is 0.419 e. The number of aromatic nitrogens is 1. The zero-order chi connectivity index (χ0) is 14.9. The van der Waals surface area contributed by atoms with E-state index in [-0.39, 0.29) is 17.2 Å². The summed E-state index contributed by atoms with van der Waals surface area (Å²) in [5.41, 5.74) is 2.90. The molecule has 0 saturated carbocycles. The summed E-state index contributed by atoms with van der Waals surface area (Å²) >= 11 is 0. The first-order valence-corrected chi connectivity index (χ1v) is 7.14. The molecule has 0 fully saturated rings. The number of oxazole rings is 1. The average molecular weight is 276 g/mol. The number of nitrogens with one attached hydrogen (secondary N) is 1. The zero-order valence-corrected chi connectivity index (χ0v) is 13.0. The third-order valence-corrected chi connectivity index (χ3v) is 3.49. The lowest BCUT2D eigenvalue weighted by atomic mass is 9.85. The van der Waals surface area contributed by atoms with Gasteiger partial charge in [-0.25, -0.2) is 4.79 Å². The van der Waals surface area contributed by atoms with E-state index in [0.717, 1.165) is 18.5 Å². The molecule has 1 atom stereocenters. The van der Waals surface area contributed by atoms with E-state index in [1.165, 1.54) is 10.1 Å². The van der Waals surface area contributed by atoms with Crippen LogP contribution in [0, 0.1) is 5.41 Å². The van der Waals surface area contributed by atoms with Crippen LogP contribution in [0.1, 0.15) is 45.7 Å². The van der Waals surface area contributed by atoms with Crippen molar-refractivity contribution in [2.45, 2.75) is 40.2 Å². The van der Waals surface area contributed by atoms with E-state index in [1.807, 2.05) is 12.1 Å². The molecule has 0 saturated heterocycles. The molecule has 1 unspecified atom stereocenters. The molecular weight excluding hydrogens is 252 g/mol. The number of nitrogens with zero attached hydrogens (tertiary/aromatic N) is 1. The van der Waals surface area contributed by atoms with Gasteiger partial charge in [0.05, 0.1) is 5.52 Å². The van der Waals surface area contributed by atoms with Gasteiger partial charge in [-0.05, 0) is 36.1 Å². The Morgan fingerprint density at radius 1 is 1.35 bits per heavy atom. The molecule has 0 radical (unpaired) electrons. The molecule has 0 amide bonds. The van der Waals surface area contributed by atoms with Gasteiger partial charge in [0, 0.05) is 13.1 Å². The molecule has 4 nitrogen and oxygen atoms in total. The average Bonchev–Trinajstić information content (AvgIpc) is 2.62. The van der Waals surface area contributed by atoms with E-state index in [4.69, 9.17) is 4.42 Å². The lowest BCUT2D eigenvalue weighted by Crippen LogP contribution is -2.25. The predicted octanol–water partition coefficient (Wildman–Crippen LogP) is 3.22. The number of hydrogen-bond donors (Lipinski definition) is 1. The summed E-state index contributed by atoms with van der Waals surface area (Å²) in [7, 11) is 1.73. The van der Waals surface area contributed by atoms with Crippen molar-refractivity contribution in [1.29, 1.82) is 0 Å². The first-order chi connectivity index (χ1) is 9.31. The molecule has 2 rings (SSSR count). The van der Waals surface area contributed by atoms with Crippen molar-refractivity contribution in [2.75, 3.05) is 6.54 Å². The summed E-state index contributed by atoms with van der Waals surface area (Å²) in [6.45, 7) is 9.73. The van der Waals surface area contributed by atoms with E-state index in [0.29, 0.717) is 5.58 Å². The molecule has 110 valence electrons. The minimum atomic E-state index is -0.312. The van der Waals surface area contributed by atoms with Crippen molar-refractivity contribution in [3.05, 3.63) is 34.3 Å². The van der Waals surface area contributed by atoms with E-state index >= 15 is 0 Å². The number of aryl methyl sites for hydroxylation is 1. The first-order valence-electron chi connectivity index (χ1n) is 7.14. The van der Waals surface area contributed by atoms with Gasteiger partial charge in [-0.15, -0.1) is 0 Å². The second-order valence-electron chi connectivity index (χ2n) is 6.53. The highest BCUT2D eigenvalue weighted by atomic mass is 16.4. The number of fused-ring (bicyclic) bond motifs is 1. The van der Waals surface area contributed by atoms with Crippen molar-refractivity contribution in [2.24, 2.45) is 12.5 Å². The molecule has 0 aliphatic heterocycles. The Labute approximate surface area is 119 Å². The van der Waals surface area contributed by atoms with Crippen LogP contribution in [0.3, 0.4) is 0 Å². The van der Waals surface area contributed by atoms with Crippen LogP contribution in [0.5, 0.6) is 0 Å². The highest BCUT2D eigenvalue weighted by molar-refractivity contribution is 5.73. The molecule has 1 N–H and O–H groups in total. The quantitative estimate of drug-likeness (QED) is 0.932. The Kier molecular flexibility index (Phi) is 4.04. The molecule has 1 aromatic heterocycles. The predicted molar refractivity (Wildman–Crippen MR) is 81.9 cm³/mol. The topological polar surface area (TPSA) is 47.2 Å². The molecule has 1 aromatic carbocycles. The van der Waals surface area contributed by atoms with Gasteiger partial charge in [0.1, 0.15) is 0 Å². The summed E-state index contributed by atoms with van der Waals surface area (Å²) in [5.74, 6) is -0.312.